The van der Waals surface area contributed by atoms with Crippen molar-refractivity contribution >= 4 is 22.2 Å². The van der Waals surface area contributed by atoms with E-state index in [1.807, 2.05) is 48.7 Å². The fraction of sp³-hybridized carbons (Fsp3) is 0.280. The molecule has 0 saturated carbocycles. The Hall–Kier alpha value is -3.56. The van der Waals surface area contributed by atoms with Gasteiger partial charge in [0.25, 0.3) is 0 Å². The van der Waals surface area contributed by atoms with Gasteiger partial charge in [-0.05, 0) is 61.2 Å². The number of carbonyl (C=O) groups excluding carboxylic acids is 1. The van der Waals surface area contributed by atoms with Gasteiger partial charge in [0.15, 0.2) is 5.82 Å². The lowest BCUT2D eigenvalue weighted by molar-refractivity contribution is -0.119. The molecule has 1 aliphatic rings. The quantitative estimate of drug-likeness (QED) is 0.425. The maximum absolute atomic E-state index is 12.3. The molecular formula is C25H25N7OS. The minimum Gasteiger partial charge on any atom is -0.317 e. The molecule has 1 atom stereocenters. The number of pyridine rings is 1. The molecule has 34 heavy (non-hydrogen) atoms. The molecular weight excluding hydrogens is 446 g/mol. The van der Waals surface area contributed by atoms with Crippen LogP contribution in [-0.2, 0) is 17.6 Å². The van der Waals surface area contributed by atoms with Crippen LogP contribution in [-0.4, -0.2) is 43.9 Å². The molecule has 4 aromatic heterocycles. The van der Waals surface area contributed by atoms with E-state index in [9.17, 15) is 4.79 Å². The average molecular weight is 472 g/mol. The van der Waals surface area contributed by atoms with E-state index in [0.717, 1.165) is 58.7 Å². The van der Waals surface area contributed by atoms with Crippen LogP contribution in [0.25, 0.3) is 11.5 Å². The first-order valence-electron chi connectivity index (χ1n) is 11.3. The molecule has 0 radical (unpaired) electrons. The van der Waals surface area contributed by atoms with Crippen molar-refractivity contribution in [2.24, 2.45) is 5.92 Å². The Morgan fingerprint density at radius 1 is 1.09 bits per heavy atom. The zero-order chi connectivity index (χ0) is 23.3. The van der Waals surface area contributed by atoms with Gasteiger partial charge in [-0.15, -0.1) is 11.3 Å². The van der Waals surface area contributed by atoms with E-state index >= 15 is 0 Å². The van der Waals surface area contributed by atoms with Crippen molar-refractivity contribution in [3.05, 3.63) is 82.6 Å². The van der Waals surface area contributed by atoms with E-state index in [1.165, 1.54) is 11.3 Å². The van der Waals surface area contributed by atoms with Gasteiger partial charge in [0.2, 0.25) is 5.91 Å². The Morgan fingerprint density at radius 3 is 2.76 bits per heavy atom. The fourth-order valence-corrected chi connectivity index (χ4v) is 4.72. The van der Waals surface area contributed by atoms with E-state index in [4.69, 9.17) is 4.98 Å². The summed E-state index contributed by atoms with van der Waals surface area (Å²) in [6.45, 7) is 3.61. The number of hydrogen-bond acceptors (Lipinski definition) is 8. The summed E-state index contributed by atoms with van der Waals surface area (Å²) in [6.07, 6.45) is 5.61. The van der Waals surface area contributed by atoms with Crippen LogP contribution < -0.4 is 10.6 Å². The van der Waals surface area contributed by atoms with Gasteiger partial charge in [-0.1, -0.05) is 6.07 Å². The van der Waals surface area contributed by atoms with Crippen molar-refractivity contribution in [1.82, 2.24) is 30.2 Å². The highest BCUT2D eigenvalue weighted by Crippen LogP contribution is 2.23. The zero-order valence-corrected chi connectivity index (χ0v) is 19.7. The predicted octanol–water partition coefficient (Wildman–Crippen LogP) is 3.43. The van der Waals surface area contributed by atoms with E-state index in [1.54, 1.807) is 12.4 Å². The molecule has 1 amide bonds. The molecule has 8 nitrogen and oxygen atoms in total. The van der Waals surface area contributed by atoms with Gasteiger partial charge in [0.1, 0.15) is 11.5 Å². The molecule has 172 valence electrons. The molecule has 1 saturated heterocycles. The van der Waals surface area contributed by atoms with Crippen molar-refractivity contribution in [1.29, 1.82) is 0 Å². The predicted molar refractivity (Wildman–Crippen MR) is 132 cm³/mol. The number of nitrogens with one attached hydrogen (secondary N) is 2. The standard InChI is InChI=1S/C25H25N7OS/c1-16-3-2-4-21(29-16)24-28-10-7-20(31-24)13-19-6-9-27-22(30-19)11-17-12-23(34-15-17)32-25(33)18-5-8-26-14-18/h2-4,6-7,9-10,12,15,18,26H,5,8,11,13-14H2,1H3,(H,32,33). The molecule has 2 N–H and O–H groups in total. The molecule has 5 heterocycles. The lowest BCUT2D eigenvalue weighted by Crippen LogP contribution is -2.24. The maximum atomic E-state index is 12.3. The Bertz CT molecular complexity index is 1300. The average Bonchev–Trinajstić information content (AvgIpc) is 3.52. The molecule has 1 aliphatic heterocycles. The molecule has 0 bridgehead atoms. The summed E-state index contributed by atoms with van der Waals surface area (Å²) >= 11 is 1.53. The number of nitrogens with zero attached hydrogens (tertiary/aromatic N) is 5. The molecule has 9 heteroatoms. The molecule has 0 spiro atoms. The van der Waals surface area contributed by atoms with Gasteiger partial charge in [-0.3, -0.25) is 4.79 Å². The second kappa shape index (κ2) is 10.1. The number of thiophene rings is 1. The number of aromatic nitrogens is 5. The van der Waals surface area contributed by atoms with Gasteiger partial charge in [0, 0.05) is 37.5 Å². The van der Waals surface area contributed by atoms with Crippen LogP contribution >= 0.6 is 11.3 Å². The van der Waals surface area contributed by atoms with E-state index in [0.29, 0.717) is 18.7 Å². The van der Waals surface area contributed by atoms with Gasteiger partial charge < -0.3 is 10.6 Å². The Balaban J connectivity index is 1.24. The largest absolute Gasteiger partial charge is 0.317 e. The Labute approximate surface area is 202 Å². The van der Waals surface area contributed by atoms with Crippen molar-refractivity contribution in [3.8, 4) is 11.5 Å². The van der Waals surface area contributed by atoms with Crippen molar-refractivity contribution in [2.75, 3.05) is 18.4 Å². The molecule has 0 aromatic carbocycles. The first-order chi connectivity index (χ1) is 16.6. The summed E-state index contributed by atoms with van der Waals surface area (Å²) in [4.78, 5) is 35.1. The maximum Gasteiger partial charge on any atom is 0.229 e. The number of aryl methyl sites for hydroxylation is 1. The summed E-state index contributed by atoms with van der Waals surface area (Å²) in [5, 5.41) is 9.17. The highest BCUT2D eigenvalue weighted by molar-refractivity contribution is 7.14. The summed E-state index contributed by atoms with van der Waals surface area (Å²) in [7, 11) is 0. The molecule has 1 unspecified atom stereocenters. The van der Waals surface area contributed by atoms with Crippen molar-refractivity contribution in [3.63, 3.8) is 0 Å². The Morgan fingerprint density at radius 2 is 1.94 bits per heavy atom. The highest BCUT2D eigenvalue weighted by atomic mass is 32.1. The number of carbonyl (C=O) groups is 1. The third-order valence-corrected chi connectivity index (χ3v) is 6.54. The summed E-state index contributed by atoms with van der Waals surface area (Å²) in [5.41, 5.74) is 4.54. The molecule has 5 rings (SSSR count). The summed E-state index contributed by atoms with van der Waals surface area (Å²) < 4.78 is 0. The molecule has 1 fully saturated rings. The molecule has 4 aromatic rings. The van der Waals surface area contributed by atoms with Crippen molar-refractivity contribution in [2.45, 2.75) is 26.2 Å². The van der Waals surface area contributed by atoms with Crippen LogP contribution in [0.4, 0.5) is 5.00 Å². The summed E-state index contributed by atoms with van der Waals surface area (Å²) in [6, 6.07) is 11.6. The first-order valence-corrected chi connectivity index (χ1v) is 12.2. The van der Waals surface area contributed by atoms with E-state index in [-0.39, 0.29) is 11.8 Å². The monoisotopic (exact) mass is 471 g/mol. The minimum atomic E-state index is 0.0505. The first kappa shape index (κ1) is 22.2. The zero-order valence-electron chi connectivity index (χ0n) is 18.9. The van der Waals surface area contributed by atoms with Crippen LogP contribution in [0.15, 0.2) is 54.2 Å². The van der Waals surface area contributed by atoms with Gasteiger partial charge in [-0.2, -0.15) is 0 Å². The fourth-order valence-electron chi connectivity index (χ4n) is 3.91. The van der Waals surface area contributed by atoms with Crippen LogP contribution in [0.1, 0.15) is 34.9 Å². The lowest BCUT2D eigenvalue weighted by Gasteiger charge is -2.07. The summed E-state index contributed by atoms with van der Waals surface area (Å²) in [5.74, 6) is 1.48. The van der Waals surface area contributed by atoms with Crippen LogP contribution in [0.5, 0.6) is 0 Å². The SMILES string of the molecule is Cc1cccc(-c2nccc(Cc3ccnc(Cc4csc(NC(=O)C5CCNC5)c4)n3)n2)n1. The van der Waals surface area contributed by atoms with Crippen LogP contribution in [0, 0.1) is 12.8 Å². The Kier molecular flexibility index (Phi) is 6.64. The third kappa shape index (κ3) is 5.49. The number of amides is 1. The second-order valence-electron chi connectivity index (χ2n) is 8.35. The number of rotatable bonds is 7. The van der Waals surface area contributed by atoms with Gasteiger partial charge >= 0.3 is 0 Å². The minimum absolute atomic E-state index is 0.0505. The lowest BCUT2D eigenvalue weighted by atomic mass is 10.1. The van der Waals surface area contributed by atoms with E-state index in [2.05, 4.69) is 30.6 Å². The molecule has 0 aliphatic carbocycles. The highest BCUT2D eigenvalue weighted by Gasteiger charge is 2.22. The van der Waals surface area contributed by atoms with Gasteiger partial charge in [0.05, 0.1) is 22.3 Å². The van der Waals surface area contributed by atoms with Crippen LogP contribution in [0.2, 0.25) is 0 Å². The smallest absolute Gasteiger partial charge is 0.229 e. The second-order valence-corrected chi connectivity index (χ2v) is 9.26. The van der Waals surface area contributed by atoms with Crippen LogP contribution in [0.3, 0.4) is 0 Å². The number of anilines is 1. The van der Waals surface area contributed by atoms with Crippen molar-refractivity contribution < 1.29 is 4.79 Å². The third-order valence-electron chi connectivity index (χ3n) is 5.65. The topological polar surface area (TPSA) is 106 Å². The number of hydrogen-bond donors (Lipinski definition) is 2. The normalized spacial score (nSPS) is 15.4. The van der Waals surface area contributed by atoms with Gasteiger partial charge in [-0.25, -0.2) is 24.9 Å². The van der Waals surface area contributed by atoms with E-state index < -0.39 is 0 Å².